The third kappa shape index (κ3) is 0.701. The Morgan fingerprint density at radius 1 is 0.500 bits per heavy atom. The lowest BCUT2D eigenvalue weighted by Crippen LogP contribution is -2.28. The van der Waals surface area contributed by atoms with Crippen LogP contribution in [-0.4, -0.2) is 0 Å². The van der Waals surface area contributed by atoms with E-state index in [-0.39, 0.29) is 0 Å². The molecule has 0 amide bonds. The number of hydrogen-bond donors (Lipinski definition) is 0. The monoisotopic (exact) mass is 162 g/mol. The van der Waals surface area contributed by atoms with Crippen molar-refractivity contribution >= 4 is 0 Å². The van der Waals surface area contributed by atoms with Crippen LogP contribution < -0.4 is 0 Å². The van der Waals surface area contributed by atoms with Crippen LogP contribution in [0, 0.1) is 35.5 Å². The first-order valence-corrected chi connectivity index (χ1v) is 5.90. The van der Waals surface area contributed by atoms with Crippen molar-refractivity contribution in [2.24, 2.45) is 35.5 Å². The van der Waals surface area contributed by atoms with E-state index in [0.717, 1.165) is 0 Å². The summed E-state index contributed by atoms with van der Waals surface area (Å²) < 4.78 is 0. The normalized spacial score (nSPS) is 66.0. The van der Waals surface area contributed by atoms with Crippen LogP contribution >= 0.6 is 0 Å². The fourth-order valence-corrected chi connectivity index (χ4v) is 4.97. The van der Waals surface area contributed by atoms with E-state index in [1.807, 2.05) is 0 Å². The fourth-order valence-electron chi connectivity index (χ4n) is 4.97. The van der Waals surface area contributed by atoms with Crippen molar-refractivity contribution in [1.82, 2.24) is 0 Å². The standard InChI is InChI=1S/C12H18/c1-7-2-9-4-8(1)5-10(3-7)12-6-11(9)12/h7-12H,1-6H2. The minimum atomic E-state index is 1.18. The van der Waals surface area contributed by atoms with Gasteiger partial charge in [0.2, 0.25) is 0 Å². The largest absolute Gasteiger partial charge is 0.0475 e. The summed E-state index contributed by atoms with van der Waals surface area (Å²) in [5.74, 6) is 7.22. The summed E-state index contributed by atoms with van der Waals surface area (Å²) in [5, 5.41) is 0. The van der Waals surface area contributed by atoms with Crippen LogP contribution in [0.4, 0.5) is 0 Å². The smallest absolute Gasteiger partial charge is 0.0352 e. The zero-order valence-corrected chi connectivity index (χ0v) is 7.71. The maximum Gasteiger partial charge on any atom is -0.0352 e. The molecule has 0 nitrogen and oxygen atoms in total. The molecule has 0 aliphatic heterocycles. The zero-order chi connectivity index (χ0) is 7.71. The van der Waals surface area contributed by atoms with Gasteiger partial charge >= 0.3 is 0 Å². The SMILES string of the molecule is C1C2CC3CC1CC(C2)C1CC31. The van der Waals surface area contributed by atoms with E-state index < -0.39 is 0 Å². The highest BCUT2D eigenvalue weighted by Crippen LogP contribution is 2.64. The van der Waals surface area contributed by atoms with Gasteiger partial charge in [-0.25, -0.2) is 0 Å². The molecule has 5 fully saturated rings. The summed E-state index contributed by atoms with van der Waals surface area (Å²) in [6.45, 7) is 0. The Morgan fingerprint density at radius 2 is 1.00 bits per heavy atom. The summed E-state index contributed by atoms with van der Waals surface area (Å²) in [7, 11) is 0. The van der Waals surface area contributed by atoms with Crippen LogP contribution in [0.15, 0.2) is 0 Å². The molecule has 0 N–H and O–H groups in total. The molecule has 4 bridgehead atoms. The van der Waals surface area contributed by atoms with E-state index in [4.69, 9.17) is 0 Å². The maximum atomic E-state index is 1.63. The second-order valence-electron chi connectivity index (χ2n) is 5.99. The minimum Gasteiger partial charge on any atom is -0.0475 e. The van der Waals surface area contributed by atoms with E-state index in [1.54, 1.807) is 38.5 Å². The van der Waals surface area contributed by atoms with Crippen LogP contribution in [0.5, 0.6) is 0 Å². The molecule has 2 atom stereocenters. The molecule has 5 aliphatic rings. The second kappa shape index (κ2) is 1.91. The molecule has 2 unspecified atom stereocenters. The van der Waals surface area contributed by atoms with Gasteiger partial charge in [0.25, 0.3) is 0 Å². The molecule has 0 radical (unpaired) electrons. The highest BCUT2D eigenvalue weighted by atomic mass is 14.6. The third-order valence-corrected chi connectivity index (χ3v) is 5.31. The molecule has 0 heteroatoms. The summed E-state index contributed by atoms with van der Waals surface area (Å²) in [5.41, 5.74) is 0. The maximum absolute atomic E-state index is 1.63. The summed E-state index contributed by atoms with van der Waals surface area (Å²) in [6.07, 6.45) is 9.78. The first-order chi connectivity index (χ1) is 5.90. The van der Waals surface area contributed by atoms with Crippen molar-refractivity contribution in [2.75, 3.05) is 0 Å². The Kier molecular flexibility index (Phi) is 1.03. The van der Waals surface area contributed by atoms with Crippen LogP contribution in [-0.2, 0) is 0 Å². The van der Waals surface area contributed by atoms with Crippen molar-refractivity contribution in [3.8, 4) is 0 Å². The predicted octanol–water partition coefficient (Wildman–Crippen LogP) is 3.08. The Bertz CT molecular complexity index is 186. The van der Waals surface area contributed by atoms with Crippen molar-refractivity contribution in [2.45, 2.75) is 38.5 Å². The minimum absolute atomic E-state index is 1.18. The first kappa shape index (κ1) is 6.45. The predicted molar refractivity (Wildman–Crippen MR) is 48.6 cm³/mol. The number of hydrogen-bond acceptors (Lipinski definition) is 0. The Balaban J connectivity index is 1.77. The van der Waals surface area contributed by atoms with Gasteiger partial charge < -0.3 is 0 Å². The van der Waals surface area contributed by atoms with Crippen LogP contribution in [0.1, 0.15) is 38.5 Å². The highest BCUT2D eigenvalue weighted by molar-refractivity contribution is 5.05. The summed E-state index contributed by atoms with van der Waals surface area (Å²) in [4.78, 5) is 0. The van der Waals surface area contributed by atoms with Gasteiger partial charge in [0.05, 0.1) is 0 Å². The van der Waals surface area contributed by atoms with Crippen molar-refractivity contribution < 1.29 is 0 Å². The second-order valence-corrected chi connectivity index (χ2v) is 5.99. The Labute approximate surface area is 74.7 Å². The molecule has 0 spiro atoms. The topological polar surface area (TPSA) is 0 Å². The van der Waals surface area contributed by atoms with Gasteiger partial charge in [0, 0.05) is 0 Å². The summed E-state index contributed by atoms with van der Waals surface area (Å²) >= 11 is 0. The molecule has 12 heavy (non-hydrogen) atoms. The molecule has 0 aromatic rings. The quantitative estimate of drug-likeness (QED) is 0.513. The van der Waals surface area contributed by atoms with Crippen LogP contribution in [0.3, 0.4) is 0 Å². The lowest BCUT2D eigenvalue weighted by Gasteiger charge is -2.40. The van der Waals surface area contributed by atoms with Gasteiger partial charge in [-0.15, -0.1) is 0 Å². The zero-order valence-electron chi connectivity index (χ0n) is 7.71. The molecule has 0 saturated heterocycles. The average molecular weight is 162 g/mol. The molecule has 0 aromatic heterocycles. The number of rotatable bonds is 0. The van der Waals surface area contributed by atoms with Gasteiger partial charge in [-0.05, 0) is 74.0 Å². The average Bonchev–Trinajstić information content (AvgIpc) is 2.79. The lowest BCUT2D eigenvalue weighted by atomic mass is 9.66. The Hall–Kier alpha value is 0. The molecule has 66 valence electrons. The molecule has 5 rings (SSSR count). The van der Waals surface area contributed by atoms with Gasteiger partial charge in [-0.3, -0.25) is 0 Å². The van der Waals surface area contributed by atoms with Gasteiger partial charge in [-0.1, -0.05) is 0 Å². The van der Waals surface area contributed by atoms with E-state index in [0.29, 0.717) is 0 Å². The fraction of sp³-hybridized carbons (Fsp3) is 1.00. The molecule has 5 saturated carbocycles. The van der Waals surface area contributed by atoms with Gasteiger partial charge in [-0.2, -0.15) is 0 Å². The van der Waals surface area contributed by atoms with E-state index >= 15 is 0 Å². The van der Waals surface area contributed by atoms with E-state index in [2.05, 4.69) is 0 Å². The first-order valence-electron chi connectivity index (χ1n) is 5.90. The van der Waals surface area contributed by atoms with Gasteiger partial charge in [0.1, 0.15) is 0 Å². The molecule has 0 aromatic carbocycles. The Morgan fingerprint density at radius 3 is 1.50 bits per heavy atom. The van der Waals surface area contributed by atoms with E-state index in [1.165, 1.54) is 35.5 Å². The summed E-state index contributed by atoms with van der Waals surface area (Å²) in [6, 6.07) is 0. The van der Waals surface area contributed by atoms with Crippen molar-refractivity contribution in [1.29, 1.82) is 0 Å². The molecule has 0 heterocycles. The van der Waals surface area contributed by atoms with Crippen molar-refractivity contribution in [3.63, 3.8) is 0 Å². The van der Waals surface area contributed by atoms with E-state index in [9.17, 15) is 0 Å². The van der Waals surface area contributed by atoms with Crippen LogP contribution in [0.2, 0.25) is 0 Å². The third-order valence-electron chi connectivity index (χ3n) is 5.31. The van der Waals surface area contributed by atoms with Gasteiger partial charge in [0.15, 0.2) is 0 Å². The lowest BCUT2D eigenvalue weighted by molar-refractivity contribution is 0.114. The van der Waals surface area contributed by atoms with Crippen LogP contribution in [0.25, 0.3) is 0 Å². The van der Waals surface area contributed by atoms with Crippen molar-refractivity contribution in [3.05, 3.63) is 0 Å². The highest BCUT2D eigenvalue weighted by Gasteiger charge is 2.55. The molecule has 5 aliphatic carbocycles. The molecular formula is C12H18. The molecular weight excluding hydrogens is 144 g/mol.